The van der Waals surface area contributed by atoms with Gasteiger partial charge < -0.3 is 9.47 Å². The number of rotatable bonds is 0. The molecule has 84 valence electrons. The minimum absolute atomic E-state index is 0.116. The van der Waals surface area contributed by atoms with Crippen molar-refractivity contribution in [2.75, 3.05) is 0 Å². The van der Waals surface area contributed by atoms with Crippen LogP contribution in [0.2, 0.25) is 0 Å². The van der Waals surface area contributed by atoms with Crippen molar-refractivity contribution in [2.45, 2.75) is 19.3 Å². The molecule has 3 rings (SSSR count). The predicted molar refractivity (Wildman–Crippen MR) is 45.5 cm³/mol. The lowest BCUT2D eigenvalue weighted by Crippen LogP contribution is -2.37. The lowest BCUT2D eigenvalue weighted by Gasteiger charge is -2.23. The van der Waals surface area contributed by atoms with Crippen LogP contribution in [0.15, 0.2) is 0 Å². The molecule has 3 fully saturated rings. The van der Waals surface area contributed by atoms with Crippen LogP contribution in [0.4, 0.5) is 0 Å². The van der Waals surface area contributed by atoms with Crippen LogP contribution in [-0.4, -0.2) is 23.9 Å². The number of cyclic esters (lactones) is 4. The van der Waals surface area contributed by atoms with Crippen LogP contribution in [0.3, 0.4) is 0 Å². The Labute approximate surface area is 89.9 Å². The number of hydrogen-bond acceptors (Lipinski definition) is 6. The third kappa shape index (κ3) is 0.963. The smallest absolute Gasteiger partial charge is 0.321 e. The van der Waals surface area contributed by atoms with Crippen LogP contribution in [-0.2, 0) is 28.7 Å². The van der Waals surface area contributed by atoms with Crippen molar-refractivity contribution in [3.05, 3.63) is 0 Å². The zero-order valence-electron chi connectivity index (χ0n) is 8.23. The monoisotopic (exact) mass is 224 g/mol. The van der Waals surface area contributed by atoms with E-state index in [4.69, 9.17) is 0 Å². The van der Waals surface area contributed by atoms with E-state index in [9.17, 15) is 19.2 Å². The fourth-order valence-corrected chi connectivity index (χ4v) is 2.92. The molecule has 1 spiro atoms. The summed E-state index contributed by atoms with van der Waals surface area (Å²) < 4.78 is 9.04. The first-order valence-corrected chi connectivity index (χ1v) is 5.03. The van der Waals surface area contributed by atoms with Crippen molar-refractivity contribution in [1.29, 1.82) is 0 Å². The first-order chi connectivity index (χ1) is 7.53. The van der Waals surface area contributed by atoms with Crippen molar-refractivity contribution >= 4 is 23.9 Å². The molecule has 2 heterocycles. The standard InChI is InChI=1S/C10H8O6/c11-6-3-10(9(14)15-6)2-4-1-5(10)8(13)16-7(4)12/h4-5H,1-3H2. The summed E-state index contributed by atoms with van der Waals surface area (Å²) in [6.45, 7) is 0. The lowest BCUT2D eigenvalue weighted by atomic mass is 9.76. The van der Waals surface area contributed by atoms with E-state index < -0.39 is 41.1 Å². The van der Waals surface area contributed by atoms with Gasteiger partial charge in [0.1, 0.15) is 0 Å². The van der Waals surface area contributed by atoms with E-state index in [1.165, 1.54) is 0 Å². The third-order valence-electron chi connectivity index (χ3n) is 3.69. The molecule has 3 aliphatic rings. The van der Waals surface area contributed by atoms with Gasteiger partial charge in [-0.2, -0.15) is 0 Å². The molecule has 2 bridgehead atoms. The minimum Gasteiger partial charge on any atom is -0.393 e. The van der Waals surface area contributed by atoms with Crippen molar-refractivity contribution in [3.8, 4) is 0 Å². The maximum absolute atomic E-state index is 11.6. The molecular formula is C10H8O6. The number of carbonyl (C=O) groups is 4. The molecule has 16 heavy (non-hydrogen) atoms. The van der Waals surface area contributed by atoms with Gasteiger partial charge in [-0.1, -0.05) is 0 Å². The molecule has 6 heteroatoms. The summed E-state index contributed by atoms with van der Waals surface area (Å²) in [6, 6.07) is 0. The molecule has 1 saturated carbocycles. The van der Waals surface area contributed by atoms with Gasteiger partial charge in [0.25, 0.3) is 0 Å². The Bertz CT molecular complexity index is 439. The van der Waals surface area contributed by atoms with Gasteiger partial charge >= 0.3 is 23.9 Å². The molecule has 0 aromatic rings. The van der Waals surface area contributed by atoms with Crippen LogP contribution in [0.5, 0.6) is 0 Å². The molecule has 0 aromatic heterocycles. The topological polar surface area (TPSA) is 86.7 Å². The van der Waals surface area contributed by atoms with Gasteiger partial charge in [-0.05, 0) is 12.8 Å². The van der Waals surface area contributed by atoms with Crippen LogP contribution >= 0.6 is 0 Å². The molecule has 0 N–H and O–H groups in total. The molecule has 0 radical (unpaired) electrons. The van der Waals surface area contributed by atoms with Crippen molar-refractivity contribution < 1.29 is 28.7 Å². The van der Waals surface area contributed by atoms with Crippen LogP contribution in [0.25, 0.3) is 0 Å². The summed E-state index contributed by atoms with van der Waals surface area (Å²) in [5.74, 6) is -3.76. The lowest BCUT2D eigenvalue weighted by molar-refractivity contribution is -0.172. The first kappa shape index (κ1) is 9.50. The molecule has 0 aromatic carbocycles. The Balaban J connectivity index is 2.05. The van der Waals surface area contributed by atoms with Gasteiger partial charge in [0, 0.05) is 0 Å². The minimum atomic E-state index is -1.13. The Morgan fingerprint density at radius 1 is 1.06 bits per heavy atom. The van der Waals surface area contributed by atoms with E-state index >= 15 is 0 Å². The average molecular weight is 224 g/mol. The molecule has 6 nitrogen and oxygen atoms in total. The van der Waals surface area contributed by atoms with E-state index in [-0.39, 0.29) is 12.8 Å². The Morgan fingerprint density at radius 2 is 1.81 bits per heavy atom. The largest absolute Gasteiger partial charge is 0.393 e. The molecular weight excluding hydrogens is 216 g/mol. The SMILES string of the molecule is O=C1CC2(CC3CC2C(=O)OC3=O)C(=O)O1. The molecule has 3 unspecified atom stereocenters. The summed E-state index contributed by atoms with van der Waals surface area (Å²) in [5.41, 5.74) is -1.13. The highest BCUT2D eigenvalue weighted by atomic mass is 16.6. The van der Waals surface area contributed by atoms with E-state index in [1.54, 1.807) is 0 Å². The fraction of sp³-hybridized carbons (Fsp3) is 0.600. The molecule has 1 aliphatic carbocycles. The van der Waals surface area contributed by atoms with Gasteiger partial charge in [0.15, 0.2) is 0 Å². The number of ether oxygens (including phenoxy) is 2. The summed E-state index contributed by atoms with van der Waals surface area (Å²) in [5, 5.41) is 0. The van der Waals surface area contributed by atoms with E-state index in [0.29, 0.717) is 6.42 Å². The summed E-state index contributed by atoms with van der Waals surface area (Å²) in [6.07, 6.45) is 0.363. The second-order valence-electron chi connectivity index (χ2n) is 4.52. The first-order valence-electron chi connectivity index (χ1n) is 5.03. The molecule has 2 saturated heterocycles. The van der Waals surface area contributed by atoms with Crippen LogP contribution in [0.1, 0.15) is 19.3 Å². The summed E-state index contributed by atoms with van der Waals surface area (Å²) in [7, 11) is 0. The zero-order chi connectivity index (χ0) is 11.5. The fourth-order valence-electron chi connectivity index (χ4n) is 2.92. The molecule has 3 atom stereocenters. The Hall–Kier alpha value is -1.72. The Kier molecular flexibility index (Phi) is 1.60. The number of fused-ring (bicyclic) bond motifs is 3. The average Bonchev–Trinajstić information content (AvgIpc) is 2.66. The maximum Gasteiger partial charge on any atom is 0.321 e. The summed E-state index contributed by atoms with van der Waals surface area (Å²) >= 11 is 0. The van der Waals surface area contributed by atoms with Gasteiger partial charge in [-0.3, -0.25) is 19.2 Å². The van der Waals surface area contributed by atoms with Crippen LogP contribution < -0.4 is 0 Å². The molecule has 0 amide bonds. The van der Waals surface area contributed by atoms with Crippen molar-refractivity contribution in [2.24, 2.45) is 17.3 Å². The summed E-state index contributed by atoms with van der Waals surface area (Å²) in [4.78, 5) is 45.6. The quantitative estimate of drug-likeness (QED) is 0.409. The Morgan fingerprint density at radius 3 is 2.44 bits per heavy atom. The normalized spacial score (nSPS) is 41.5. The van der Waals surface area contributed by atoms with E-state index in [0.717, 1.165) is 0 Å². The highest BCUT2D eigenvalue weighted by Gasteiger charge is 2.65. The van der Waals surface area contributed by atoms with Gasteiger partial charge in [0.2, 0.25) is 0 Å². The van der Waals surface area contributed by atoms with Gasteiger partial charge in [-0.25, -0.2) is 0 Å². The third-order valence-corrected chi connectivity index (χ3v) is 3.69. The second-order valence-corrected chi connectivity index (χ2v) is 4.52. The van der Waals surface area contributed by atoms with E-state index in [1.807, 2.05) is 0 Å². The van der Waals surface area contributed by atoms with Gasteiger partial charge in [-0.15, -0.1) is 0 Å². The predicted octanol–water partition coefficient (Wildman–Crippen LogP) is -0.444. The van der Waals surface area contributed by atoms with E-state index in [2.05, 4.69) is 9.47 Å². The number of hydrogen-bond donors (Lipinski definition) is 0. The highest BCUT2D eigenvalue weighted by Crippen LogP contribution is 2.55. The zero-order valence-corrected chi connectivity index (χ0v) is 8.23. The van der Waals surface area contributed by atoms with Gasteiger partial charge in [0.05, 0.1) is 23.7 Å². The van der Waals surface area contributed by atoms with Crippen molar-refractivity contribution in [1.82, 2.24) is 0 Å². The molecule has 2 aliphatic heterocycles. The second kappa shape index (κ2) is 2.69. The maximum atomic E-state index is 11.6. The van der Waals surface area contributed by atoms with Crippen LogP contribution in [0, 0.1) is 17.3 Å². The number of carbonyl (C=O) groups excluding carboxylic acids is 4. The van der Waals surface area contributed by atoms with Crippen molar-refractivity contribution in [3.63, 3.8) is 0 Å². The highest BCUT2D eigenvalue weighted by molar-refractivity contribution is 6.04. The number of esters is 4.